The van der Waals surface area contributed by atoms with Crippen LogP contribution in [0.4, 0.5) is 0 Å². The van der Waals surface area contributed by atoms with Gasteiger partial charge in [-0.15, -0.1) is 11.3 Å². The number of rotatable bonds is 5. The molecule has 1 fully saturated rings. The highest BCUT2D eigenvalue weighted by Gasteiger charge is 2.25. The van der Waals surface area contributed by atoms with Crippen LogP contribution in [0.3, 0.4) is 0 Å². The van der Waals surface area contributed by atoms with Crippen LogP contribution < -0.4 is 5.56 Å². The summed E-state index contributed by atoms with van der Waals surface area (Å²) in [6.07, 6.45) is 6.71. The number of thiophene rings is 1. The molecule has 0 saturated carbocycles. The molecule has 1 aliphatic heterocycles. The van der Waals surface area contributed by atoms with Crippen LogP contribution in [0.25, 0.3) is 10.2 Å². The molecule has 0 bridgehead atoms. The lowest BCUT2D eigenvalue weighted by molar-refractivity contribution is 0.0937. The van der Waals surface area contributed by atoms with Gasteiger partial charge in [-0.3, -0.25) is 9.36 Å². The van der Waals surface area contributed by atoms with Gasteiger partial charge in [0, 0.05) is 17.2 Å². The van der Waals surface area contributed by atoms with Gasteiger partial charge in [0.25, 0.3) is 5.56 Å². The first-order chi connectivity index (χ1) is 11.3. The lowest BCUT2D eigenvalue weighted by atomic mass is 10.2. The fraction of sp³-hybridized carbons (Fsp3) is 0.647. The van der Waals surface area contributed by atoms with Crippen molar-refractivity contribution >= 4 is 33.3 Å². The van der Waals surface area contributed by atoms with Crippen molar-refractivity contribution in [3.05, 3.63) is 20.8 Å². The molecule has 6 heteroatoms. The van der Waals surface area contributed by atoms with E-state index < -0.39 is 0 Å². The average Bonchev–Trinajstić information content (AvgIpc) is 3.24. The summed E-state index contributed by atoms with van der Waals surface area (Å²) in [6.45, 7) is 3.63. The Morgan fingerprint density at radius 1 is 1.39 bits per heavy atom. The average molecular weight is 351 g/mol. The van der Waals surface area contributed by atoms with Gasteiger partial charge < -0.3 is 4.74 Å². The molecule has 0 unspecified atom stereocenters. The summed E-state index contributed by atoms with van der Waals surface area (Å²) >= 11 is 3.43. The minimum absolute atomic E-state index is 0.156. The van der Waals surface area contributed by atoms with Gasteiger partial charge in [0.15, 0.2) is 5.16 Å². The van der Waals surface area contributed by atoms with Crippen molar-refractivity contribution in [3.63, 3.8) is 0 Å². The Morgan fingerprint density at radius 2 is 2.30 bits per heavy atom. The van der Waals surface area contributed by atoms with E-state index in [1.807, 2.05) is 4.57 Å². The second kappa shape index (κ2) is 6.57. The fourth-order valence-corrected chi connectivity index (χ4v) is 5.68. The van der Waals surface area contributed by atoms with Gasteiger partial charge in [0.05, 0.1) is 18.0 Å². The number of aryl methyl sites for hydroxylation is 2. The number of hydrogen-bond acceptors (Lipinski definition) is 5. The molecular formula is C17H22N2O2S2. The standard InChI is InChI=1S/C17H22N2O2S2/c1-2-9-22-17-18-15-14(12-6-3-7-13(12)23-15)16(20)19(17)10-11-5-4-8-21-11/h11H,2-10H2,1H3/t11-/m0/s1. The number of ether oxygens (including phenoxy) is 1. The Balaban J connectivity index is 1.81. The number of fused-ring (bicyclic) bond motifs is 3. The number of hydrogen-bond donors (Lipinski definition) is 0. The van der Waals surface area contributed by atoms with Crippen LogP contribution in [0.15, 0.2) is 9.95 Å². The molecule has 2 aromatic heterocycles. The fourth-order valence-electron chi connectivity index (χ4n) is 3.51. The van der Waals surface area contributed by atoms with Gasteiger partial charge >= 0.3 is 0 Å². The molecule has 4 rings (SSSR count). The topological polar surface area (TPSA) is 44.1 Å². The minimum Gasteiger partial charge on any atom is -0.376 e. The zero-order valence-electron chi connectivity index (χ0n) is 13.5. The van der Waals surface area contributed by atoms with Crippen molar-refractivity contribution < 1.29 is 4.74 Å². The Kier molecular flexibility index (Phi) is 4.48. The largest absolute Gasteiger partial charge is 0.376 e. The molecule has 0 aromatic carbocycles. The molecular weight excluding hydrogens is 328 g/mol. The maximum Gasteiger partial charge on any atom is 0.263 e. The molecule has 1 saturated heterocycles. The van der Waals surface area contributed by atoms with Gasteiger partial charge in [0.1, 0.15) is 4.83 Å². The monoisotopic (exact) mass is 350 g/mol. The maximum absolute atomic E-state index is 13.2. The van der Waals surface area contributed by atoms with Crippen LogP contribution >= 0.6 is 23.1 Å². The molecule has 0 radical (unpaired) electrons. The molecule has 0 N–H and O–H groups in total. The van der Waals surface area contributed by atoms with E-state index >= 15 is 0 Å². The highest BCUT2D eigenvalue weighted by molar-refractivity contribution is 7.99. The Hall–Kier alpha value is -0.850. The van der Waals surface area contributed by atoms with Gasteiger partial charge in [-0.2, -0.15) is 0 Å². The smallest absolute Gasteiger partial charge is 0.263 e. The van der Waals surface area contributed by atoms with E-state index in [2.05, 4.69) is 6.92 Å². The van der Waals surface area contributed by atoms with Gasteiger partial charge in [-0.1, -0.05) is 18.7 Å². The third kappa shape index (κ3) is 2.85. The summed E-state index contributed by atoms with van der Waals surface area (Å²) < 4.78 is 7.66. The second-order valence-corrected chi connectivity index (χ2v) is 8.48. The highest BCUT2D eigenvalue weighted by atomic mass is 32.2. The lowest BCUT2D eigenvalue weighted by Crippen LogP contribution is -2.29. The summed E-state index contributed by atoms with van der Waals surface area (Å²) in [4.78, 5) is 20.4. The predicted octanol–water partition coefficient (Wildman–Crippen LogP) is 3.63. The van der Waals surface area contributed by atoms with Gasteiger partial charge in [-0.25, -0.2) is 4.98 Å². The second-order valence-electron chi connectivity index (χ2n) is 6.33. The van der Waals surface area contributed by atoms with Crippen molar-refractivity contribution in [2.24, 2.45) is 0 Å². The molecule has 23 heavy (non-hydrogen) atoms. The van der Waals surface area contributed by atoms with E-state index in [4.69, 9.17) is 9.72 Å². The first kappa shape index (κ1) is 15.7. The number of aromatic nitrogens is 2. The summed E-state index contributed by atoms with van der Waals surface area (Å²) in [5, 5.41) is 1.76. The van der Waals surface area contributed by atoms with E-state index in [1.165, 1.54) is 16.9 Å². The van der Waals surface area contributed by atoms with Crippen molar-refractivity contribution in [1.29, 1.82) is 0 Å². The molecule has 2 aromatic rings. The quantitative estimate of drug-likeness (QED) is 0.610. The molecule has 1 aliphatic carbocycles. The Bertz CT molecular complexity index is 775. The SMILES string of the molecule is CCCSc1nc2sc3c(c2c(=O)n1C[C@@H]1CCCO1)CCC3. The summed E-state index contributed by atoms with van der Waals surface area (Å²) in [5.74, 6) is 0.995. The van der Waals surface area contributed by atoms with Crippen molar-refractivity contribution in [2.75, 3.05) is 12.4 Å². The van der Waals surface area contributed by atoms with E-state index in [-0.39, 0.29) is 11.7 Å². The first-order valence-corrected chi connectivity index (χ1v) is 10.4. The predicted molar refractivity (Wildman–Crippen MR) is 95.9 cm³/mol. The normalized spacial score (nSPS) is 20.5. The third-order valence-corrected chi connectivity index (χ3v) is 7.00. The first-order valence-electron chi connectivity index (χ1n) is 8.57. The molecule has 2 aliphatic rings. The molecule has 0 amide bonds. The Labute approximate surface area is 144 Å². The van der Waals surface area contributed by atoms with E-state index in [0.29, 0.717) is 6.54 Å². The summed E-state index contributed by atoms with van der Waals surface area (Å²) in [7, 11) is 0. The van der Waals surface area contributed by atoms with Gasteiger partial charge in [-0.05, 0) is 44.1 Å². The van der Waals surface area contributed by atoms with E-state index in [0.717, 1.165) is 59.8 Å². The van der Waals surface area contributed by atoms with Crippen LogP contribution in [-0.2, 0) is 24.1 Å². The van der Waals surface area contributed by atoms with Crippen LogP contribution in [-0.4, -0.2) is 28.0 Å². The van der Waals surface area contributed by atoms with Crippen LogP contribution in [0.5, 0.6) is 0 Å². The van der Waals surface area contributed by atoms with E-state index in [1.54, 1.807) is 23.1 Å². The van der Waals surface area contributed by atoms with Crippen molar-refractivity contribution in [3.8, 4) is 0 Å². The lowest BCUT2D eigenvalue weighted by Gasteiger charge is -2.15. The zero-order valence-corrected chi connectivity index (χ0v) is 15.1. The van der Waals surface area contributed by atoms with Crippen molar-refractivity contribution in [1.82, 2.24) is 9.55 Å². The van der Waals surface area contributed by atoms with E-state index in [9.17, 15) is 4.79 Å². The summed E-state index contributed by atoms with van der Waals surface area (Å²) in [6, 6.07) is 0. The highest BCUT2D eigenvalue weighted by Crippen LogP contribution is 2.35. The van der Waals surface area contributed by atoms with Crippen molar-refractivity contribution in [2.45, 2.75) is 63.3 Å². The van der Waals surface area contributed by atoms with Crippen LogP contribution in [0.1, 0.15) is 43.0 Å². The minimum atomic E-state index is 0.156. The molecule has 4 nitrogen and oxygen atoms in total. The maximum atomic E-state index is 13.2. The molecule has 124 valence electrons. The molecule has 3 heterocycles. The summed E-state index contributed by atoms with van der Waals surface area (Å²) in [5.41, 5.74) is 1.43. The van der Waals surface area contributed by atoms with Crippen LogP contribution in [0.2, 0.25) is 0 Å². The Morgan fingerprint density at radius 3 is 3.09 bits per heavy atom. The third-order valence-electron chi connectivity index (χ3n) is 4.64. The number of nitrogens with zero attached hydrogens (tertiary/aromatic N) is 2. The molecule has 1 atom stereocenters. The molecule has 0 spiro atoms. The van der Waals surface area contributed by atoms with Gasteiger partial charge in [0.2, 0.25) is 0 Å². The van der Waals surface area contributed by atoms with Crippen LogP contribution in [0, 0.1) is 0 Å². The number of thioether (sulfide) groups is 1. The zero-order chi connectivity index (χ0) is 15.8.